The SMILES string of the molecule is CC(C)N1C(=O)CCC(=O)N(C(C)C)C1(Cl)Cl. The molecule has 0 aromatic rings. The summed E-state index contributed by atoms with van der Waals surface area (Å²) in [6.45, 7) is 7.30. The summed E-state index contributed by atoms with van der Waals surface area (Å²) in [5.74, 6) is -0.386. The molecule has 0 saturated carbocycles. The Bertz CT molecular complexity index is 299. The third-order valence-electron chi connectivity index (χ3n) is 2.70. The molecule has 0 radical (unpaired) electrons. The lowest BCUT2D eigenvalue weighted by Crippen LogP contribution is -2.59. The lowest BCUT2D eigenvalue weighted by molar-refractivity contribution is -0.142. The van der Waals surface area contributed by atoms with Gasteiger partial charge in [0.1, 0.15) is 0 Å². The summed E-state index contributed by atoms with van der Waals surface area (Å²) in [4.78, 5) is 26.7. The summed E-state index contributed by atoms with van der Waals surface area (Å²) in [5.41, 5.74) is 0. The monoisotopic (exact) mass is 280 g/mol. The number of carbonyl (C=O) groups is 2. The molecule has 4 nitrogen and oxygen atoms in total. The van der Waals surface area contributed by atoms with Gasteiger partial charge in [-0.25, -0.2) is 0 Å². The third-order valence-corrected chi connectivity index (χ3v) is 3.43. The highest BCUT2D eigenvalue weighted by molar-refractivity contribution is 6.49. The standard InChI is InChI=1S/C11H18Cl2N2O2/c1-7(2)14-9(16)5-6-10(17)15(8(3)4)11(14,12)13/h7-8H,5-6H2,1-4H3. The highest BCUT2D eigenvalue weighted by atomic mass is 35.5. The lowest BCUT2D eigenvalue weighted by Gasteiger charge is -2.44. The molecular weight excluding hydrogens is 263 g/mol. The molecule has 1 aliphatic heterocycles. The molecule has 2 amide bonds. The summed E-state index contributed by atoms with van der Waals surface area (Å²) in [6.07, 6.45) is 0.308. The van der Waals surface area contributed by atoms with Gasteiger partial charge in [0.15, 0.2) is 0 Å². The number of carbonyl (C=O) groups excluding carboxylic acids is 2. The average molecular weight is 281 g/mol. The normalized spacial score (nSPS) is 21.4. The Morgan fingerprint density at radius 2 is 1.24 bits per heavy atom. The van der Waals surface area contributed by atoms with Crippen molar-refractivity contribution < 1.29 is 9.59 Å². The number of amides is 2. The van der Waals surface area contributed by atoms with Crippen molar-refractivity contribution in [3.8, 4) is 0 Å². The van der Waals surface area contributed by atoms with Crippen LogP contribution in [-0.2, 0) is 9.59 Å². The number of halogens is 2. The van der Waals surface area contributed by atoms with Gasteiger partial charge in [0.05, 0.1) is 0 Å². The van der Waals surface area contributed by atoms with Crippen LogP contribution in [0.25, 0.3) is 0 Å². The van der Waals surface area contributed by atoms with Crippen LogP contribution in [0.3, 0.4) is 0 Å². The Morgan fingerprint density at radius 3 is 1.47 bits per heavy atom. The Balaban J connectivity index is 3.22. The smallest absolute Gasteiger partial charge is 0.275 e. The molecule has 1 rings (SSSR count). The number of hydrogen-bond acceptors (Lipinski definition) is 2. The van der Waals surface area contributed by atoms with Crippen molar-refractivity contribution in [1.82, 2.24) is 9.80 Å². The molecule has 0 aromatic heterocycles. The largest absolute Gasteiger partial charge is 0.291 e. The van der Waals surface area contributed by atoms with Crippen molar-refractivity contribution in [3.05, 3.63) is 0 Å². The van der Waals surface area contributed by atoms with Crippen molar-refractivity contribution >= 4 is 35.0 Å². The Morgan fingerprint density at radius 1 is 0.941 bits per heavy atom. The molecule has 17 heavy (non-hydrogen) atoms. The third kappa shape index (κ3) is 2.68. The maximum absolute atomic E-state index is 12.0. The fourth-order valence-corrected chi connectivity index (χ4v) is 3.23. The molecule has 1 saturated heterocycles. The zero-order chi connectivity index (χ0) is 13.4. The van der Waals surface area contributed by atoms with E-state index >= 15 is 0 Å². The van der Waals surface area contributed by atoms with E-state index in [-0.39, 0.29) is 36.7 Å². The number of hydrogen-bond donors (Lipinski definition) is 0. The highest BCUT2D eigenvalue weighted by Crippen LogP contribution is 2.37. The summed E-state index contributed by atoms with van der Waals surface area (Å²) < 4.78 is -1.60. The van der Waals surface area contributed by atoms with E-state index in [0.29, 0.717) is 0 Å². The molecule has 98 valence electrons. The first-order chi connectivity index (χ1) is 7.69. The quantitative estimate of drug-likeness (QED) is 0.576. The van der Waals surface area contributed by atoms with E-state index in [9.17, 15) is 9.59 Å². The maximum Gasteiger partial charge on any atom is 0.275 e. The molecule has 0 spiro atoms. The predicted molar refractivity (Wildman–Crippen MR) is 67.6 cm³/mol. The lowest BCUT2D eigenvalue weighted by atomic mass is 10.2. The number of alkyl halides is 2. The van der Waals surface area contributed by atoms with Crippen LogP contribution < -0.4 is 0 Å². The average Bonchev–Trinajstić information content (AvgIpc) is 2.19. The van der Waals surface area contributed by atoms with E-state index in [2.05, 4.69) is 0 Å². The zero-order valence-corrected chi connectivity index (χ0v) is 12.0. The number of nitrogens with zero attached hydrogens (tertiary/aromatic N) is 2. The second-order valence-corrected chi connectivity index (χ2v) is 5.97. The van der Waals surface area contributed by atoms with Crippen LogP contribution in [0.15, 0.2) is 0 Å². The van der Waals surface area contributed by atoms with Crippen LogP contribution in [0.2, 0.25) is 0 Å². The second-order valence-electron chi connectivity index (χ2n) is 4.72. The first-order valence-electron chi connectivity index (χ1n) is 5.71. The van der Waals surface area contributed by atoms with Crippen molar-refractivity contribution in [2.75, 3.05) is 0 Å². The second kappa shape index (κ2) is 5.02. The molecular formula is C11H18Cl2N2O2. The molecule has 0 N–H and O–H groups in total. The molecule has 0 aromatic carbocycles. The molecule has 0 unspecified atom stereocenters. The minimum Gasteiger partial charge on any atom is -0.291 e. The summed E-state index contributed by atoms with van der Waals surface area (Å²) >= 11 is 12.5. The molecule has 0 aliphatic carbocycles. The topological polar surface area (TPSA) is 40.6 Å². The fourth-order valence-electron chi connectivity index (χ4n) is 2.07. The fraction of sp³-hybridized carbons (Fsp3) is 0.818. The maximum atomic E-state index is 12.0. The Labute approximate surface area is 112 Å². The summed E-state index contributed by atoms with van der Waals surface area (Å²) in [6, 6.07) is -0.325. The van der Waals surface area contributed by atoms with Crippen LogP contribution in [0.1, 0.15) is 40.5 Å². The van der Waals surface area contributed by atoms with Crippen LogP contribution in [0.5, 0.6) is 0 Å². The van der Waals surface area contributed by atoms with Gasteiger partial charge in [0, 0.05) is 24.9 Å². The van der Waals surface area contributed by atoms with E-state index in [1.54, 1.807) is 0 Å². The summed E-state index contributed by atoms with van der Waals surface area (Å²) in [7, 11) is 0. The molecule has 0 bridgehead atoms. The van der Waals surface area contributed by atoms with Crippen molar-refractivity contribution in [3.63, 3.8) is 0 Å². The van der Waals surface area contributed by atoms with Gasteiger partial charge in [0.25, 0.3) is 4.58 Å². The molecule has 6 heteroatoms. The van der Waals surface area contributed by atoms with Crippen molar-refractivity contribution in [1.29, 1.82) is 0 Å². The van der Waals surface area contributed by atoms with Gasteiger partial charge >= 0.3 is 0 Å². The Hall–Kier alpha value is -0.480. The number of rotatable bonds is 2. The molecule has 0 atom stereocenters. The van der Waals surface area contributed by atoms with Gasteiger partial charge in [-0.1, -0.05) is 23.2 Å². The van der Waals surface area contributed by atoms with E-state index in [4.69, 9.17) is 23.2 Å². The van der Waals surface area contributed by atoms with Gasteiger partial charge in [-0.2, -0.15) is 0 Å². The van der Waals surface area contributed by atoms with Crippen LogP contribution >= 0.6 is 23.2 Å². The highest BCUT2D eigenvalue weighted by Gasteiger charge is 2.48. The zero-order valence-electron chi connectivity index (χ0n) is 10.5. The minimum atomic E-state index is -1.60. The van der Waals surface area contributed by atoms with Crippen LogP contribution in [0, 0.1) is 0 Å². The van der Waals surface area contributed by atoms with Crippen molar-refractivity contribution in [2.45, 2.75) is 57.2 Å². The van der Waals surface area contributed by atoms with Crippen molar-refractivity contribution in [2.24, 2.45) is 0 Å². The van der Waals surface area contributed by atoms with E-state index in [1.165, 1.54) is 9.80 Å². The molecule has 1 heterocycles. The minimum absolute atomic E-state index is 0.154. The predicted octanol–water partition coefficient (Wildman–Crippen LogP) is 2.34. The first kappa shape index (κ1) is 14.6. The van der Waals surface area contributed by atoms with E-state index in [0.717, 1.165) is 0 Å². The summed E-state index contributed by atoms with van der Waals surface area (Å²) in [5, 5.41) is 0. The van der Waals surface area contributed by atoms with Gasteiger partial charge in [0.2, 0.25) is 11.8 Å². The molecule has 1 aliphatic rings. The molecule has 1 fully saturated rings. The first-order valence-corrected chi connectivity index (χ1v) is 6.47. The van der Waals surface area contributed by atoms with Crippen LogP contribution in [0.4, 0.5) is 0 Å². The van der Waals surface area contributed by atoms with Gasteiger partial charge in [-0.15, -0.1) is 0 Å². The van der Waals surface area contributed by atoms with Gasteiger partial charge in [-0.05, 0) is 27.7 Å². The van der Waals surface area contributed by atoms with E-state index < -0.39 is 4.58 Å². The Kier molecular flexibility index (Phi) is 4.31. The van der Waals surface area contributed by atoms with E-state index in [1.807, 2.05) is 27.7 Å². The van der Waals surface area contributed by atoms with Crippen LogP contribution in [-0.4, -0.2) is 38.3 Å². The van der Waals surface area contributed by atoms with Gasteiger partial charge < -0.3 is 0 Å². The van der Waals surface area contributed by atoms with Gasteiger partial charge in [-0.3, -0.25) is 19.4 Å².